The van der Waals surface area contributed by atoms with Crippen LogP contribution in [0.1, 0.15) is 65.1 Å². The van der Waals surface area contributed by atoms with Crippen molar-refractivity contribution >= 4 is 40.1 Å². The van der Waals surface area contributed by atoms with Crippen molar-refractivity contribution in [3.8, 4) is 0 Å². The highest BCUT2D eigenvalue weighted by molar-refractivity contribution is 7.18. The molecule has 1 aliphatic rings. The molecule has 0 aliphatic heterocycles. The number of nitrogens with two attached hydrogens (primary N) is 1. The quantitative estimate of drug-likeness (QED) is 0.632. The van der Waals surface area contributed by atoms with Crippen molar-refractivity contribution in [3.63, 3.8) is 0 Å². The maximum atomic E-state index is 12.7. The molecule has 1 saturated carbocycles. The van der Waals surface area contributed by atoms with E-state index < -0.39 is 35.6 Å². The van der Waals surface area contributed by atoms with E-state index in [1.54, 1.807) is 20.8 Å². The van der Waals surface area contributed by atoms with Crippen LogP contribution in [0.4, 0.5) is 5.00 Å². The Kier molecular flexibility index (Phi) is 6.59. The van der Waals surface area contributed by atoms with Gasteiger partial charge in [-0.05, 0) is 39.2 Å². The Labute approximate surface area is 161 Å². The van der Waals surface area contributed by atoms with Gasteiger partial charge in [0, 0.05) is 0 Å². The van der Waals surface area contributed by atoms with Crippen LogP contribution in [0.15, 0.2) is 0 Å². The van der Waals surface area contributed by atoms with Crippen molar-refractivity contribution in [1.29, 1.82) is 0 Å². The van der Waals surface area contributed by atoms with Crippen LogP contribution in [0.3, 0.4) is 0 Å². The predicted molar refractivity (Wildman–Crippen MR) is 99.8 cm³/mol. The molecule has 0 saturated heterocycles. The lowest BCUT2D eigenvalue weighted by Gasteiger charge is -2.27. The van der Waals surface area contributed by atoms with Crippen LogP contribution in [0, 0.1) is 18.8 Å². The van der Waals surface area contributed by atoms with E-state index in [4.69, 9.17) is 10.5 Å². The summed E-state index contributed by atoms with van der Waals surface area (Å²) in [6, 6.07) is 0. The topological polar surface area (TPSA) is 136 Å². The molecule has 0 spiro atoms. The minimum absolute atomic E-state index is 0.0820. The molecule has 9 heteroatoms. The Hall–Kier alpha value is -2.42. The number of carbonyl (C=O) groups excluding carboxylic acids is 3. The van der Waals surface area contributed by atoms with Crippen LogP contribution in [0.5, 0.6) is 0 Å². The minimum atomic E-state index is -1.01. The molecular formula is C18H24N2O6S. The lowest BCUT2D eigenvalue weighted by Crippen LogP contribution is -2.36. The molecule has 1 heterocycles. The average molecular weight is 396 g/mol. The number of thiophene rings is 1. The summed E-state index contributed by atoms with van der Waals surface area (Å²) >= 11 is 0.897. The number of carboxylic acid groups (broad SMARTS) is 1. The molecule has 0 aromatic carbocycles. The van der Waals surface area contributed by atoms with E-state index in [1.165, 1.54) is 0 Å². The highest BCUT2D eigenvalue weighted by Gasteiger charge is 2.37. The van der Waals surface area contributed by atoms with Crippen molar-refractivity contribution in [3.05, 3.63) is 16.0 Å². The maximum absolute atomic E-state index is 12.7. The summed E-state index contributed by atoms with van der Waals surface area (Å²) < 4.78 is 5.21. The number of hydrogen-bond donors (Lipinski definition) is 3. The van der Waals surface area contributed by atoms with Gasteiger partial charge in [0.15, 0.2) is 0 Å². The Balaban J connectivity index is 2.35. The first kappa shape index (κ1) is 20.9. The minimum Gasteiger partial charge on any atom is -0.481 e. The lowest BCUT2D eigenvalue weighted by molar-refractivity contribution is -0.147. The fourth-order valence-electron chi connectivity index (χ4n) is 3.30. The average Bonchev–Trinajstić information content (AvgIpc) is 2.90. The van der Waals surface area contributed by atoms with E-state index >= 15 is 0 Å². The Morgan fingerprint density at radius 2 is 1.78 bits per heavy atom. The molecule has 4 N–H and O–H groups in total. The van der Waals surface area contributed by atoms with E-state index in [0.29, 0.717) is 18.4 Å². The molecule has 2 unspecified atom stereocenters. The fraction of sp³-hybridized carbons (Fsp3) is 0.556. The van der Waals surface area contributed by atoms with Crippen molar-refractivity contribution < 1.29 is 29.0 Å². The van der Waals surface area contributed by atoms with Crippen LogP contribution in [0.2, 0.25) is 0 Å². The summed E-state index contributed by atoms with van der Waals surface area (Å²) in [5, 5.41) is 12.2. The molecule has 27 heavy (non-hydrogen) atoms. The number of esters is 1. The summed E-state index contributed by atoms with van der Waals surface area (Å²) in [5.41, 5.74) is 5.78. The van der Waals surface area contributed by atoms with Gasteiger partial charge in [0.05, 0.1) is 28.4 Å². The van der Waals surface area contributed by atoms with E-state index in [1.807, 2.05) is 0 Å². The molecule has 1 aromatic heterocycles. The number of hydrogen-bond acceptors (Lipinski definition) is 6. The molecule has 2 rings (SSSR count). The fourth-order valence-corrected chi connectivity index (χ4v) is 4.35. The number of ether oxygens (including phenoxy) is 1. The van der Waals surface area contributed by atoms with Crippen LogP contribution in [-0.4, -0.2) is 35.0 Å². The molecule has 148 valence electrons. The van der Waals surface area contributed by atoms with Crippen molar-refractivity contribution in [2.45, 2.75) is 52.6 Å². The number of carboxylic acids is 1. The van der Waals surface area contributed by atoms with E-state index in [-0.39, 0.29) is 21.5 Å². The SMILES string of the molecule is Cc1c(C(N)=O)sc(NC(=O)C2CCCCC2C(=O)O)c1C(=O)OC(C)C. The monoisotopic (exact) mass is 396 g/mol. The molecule has 1 fully saturated rings. The van der Waals surface area contributed by atoms with E-state index in [2.05, 4.69) is 5.32 Å². The summed E-state index contributed by atoms with van der Waals surface area (Å²) in [6.07, 6.45) is 2.04. The van der Waals surface area contributed by atoms with Crippen LogP contribution in [0.25, 0.3) is 0 Å². The van der Waals surface area contributed by atoms with Gasteiger partial charge in [0.25, 0.3) is 5.91 Å². The molecule has 1 aliphatic carbocycles. The zero-order valence-electron chi connectivity index (χ0n) is 15.5. The van der Waals surface area contributed by atoms with Gasteiger partial charge in [-0.25, -0.2) is 4.79 Å². The molecule has 2 atom stereocenters. The zero-order chi connectivity index (χ0) is 20.3. The van der Waals surface area contributed by atoms with Crippen LogP contribution in [-0.2, 0) is 14.3 Å². The first-order chi connectivity index (χ1) is 12.6. The first-order valence-corrected chi connectivity index (χ1v) is 9.63. The summed E-state index contributed by atoms with van der Waals surface area (Å²) in [5.74, 6) is -4.31. The smallest absolute Gasteiger partial charge is 0.341 e. The largest absolute Gasteiger partial charge is 0.481 e. The Morgan fingerprint density at radius 1 is 1.19 bits per heavy atom. The zero-order valence-corrected chi connectivity index (χ0v) is 16.4. The van der Waals surface area contributed by atoms with Gasteiger partial charge < -0.3 is 20.9 Å². The molecule has 2 amide bonds. The number of aliphatic carboxylic acids is 1. The number of rotatable bonds is 6. The molecule has 8 nitrogen and oxygen atoms in total. The summed E-state index contributed by atoms with van der Waals surface area (Å²) in [7, 11) is 0. The maximum Gasteiger partial charge on any atom is 0.341 e. The second kappa shape index (κ2) is 8.51. The number of amides is 2. The van der Waals surface area contributed by atoms with E-state index in [0.717, 1.165) is 24.2 Å². The van der Waals surface area contributed by atoms with Gasteiger partial charge >= 0.3 is 11.9 Å². The Morgan fingerprint density at radius 3 is 2.30 bits per heavy atom. The highest BCUT2D eigenvalue weighted by atomic mass is 32.1. The van der Waals surface area contributed by atoms with Crippen LogP contribution < -0.4 is 11.1 Å². The molecule has 1 aromatic rings. The summed E-state index contributed by atoms with van der Waals surface area (Å²) in [6.45, 7) is 4.93. The van der Waals surface area contributed by atoms with Gasteiger partial charge in [-0.3, -0.25) is 14.4 Å². The van der Waals surface area contributed by atoms with Gasteiger partial charge in [-0.1, -0.05) is 12.8 Å². The van der Waals surface area contributed by atoms with E-state index in [9.17, 15) is 24.3 Å². The lowest BCUT2D eigenvalue weighted by atomic mass is 9.79. The number of nitrogens with one attached hydrogen (secondary N) is 1. The second-order valence-corrected chi connectivity index (χ2v) is 7.92. The number of primary amides is 1. The number of anilines is 1. The van der Waals surface area contributed by atoms with Gasteiger partial charge in [0.1, 0.15) is 5.00 Å². The Bertz CT molecular complexity index is 770. The predicted octanol–water partition coefficient (Wildman–Crippen LogP) is 2.55. The van der Waals surface area contributed by atoms with Crippen molar-refractivity contribution in [1.82, 2.24) is 0 Å². The first-order valence-electron chi connectivity index (χ1n) is 8.81. The van der Waals surface area contributed by atoms with Gasteiger partial charge in [0.2, 0.25) is 5.91 Å². The standard InChI is InChI=1S/C18H24N2O6S/c1-8(2)26-18(25)12-9(3)13(14(19)21)27-16(12)20-15(22)10-6-4-5-7-11(10)17(23)24/h8,10-11H,4-7H2,1-3H3,(H2,19,21)(H,20,22)(H,23,24). The molecular weight excluding hydrogens is 372 g/mol. The number of carbonyl (C=O) groups is 4. The van der Waals surface area contributed by atoms with Gasteiger partial charge in [-0.2, -0.15) is 0 Å². The summed E-state index contributed by atoms with van der Waals surface area (Å²) in [4.78, 5) is 48.4. The second-order valence-electron chi connectivity index (χ2n) is 6.90. The van der Waals surface area contributed by atoms with Crippen molar-refractivity contribution in [2.24, 2.45) is 17.6 Å². The third kappa shape index (κ3) is 4.65. The molecule has 0 bridgehead atoms. The van der Waals surface area contributed by atoms with Crippen molar-refractivity contribution in [2.75, 3.05) is 5.32 Å². The highest BCUT2D eigenvalue weighted by Crippen LogP contribution is 2.36. The van der Waals surface area contributed by atoms with Gasteiger partial charge in [-0.15, -0.1) is 11.3 Å². The normalized spacial score (nSPS) is 19.6. The third-order valence-corrected chi connectivity index (χ3v) is 5.80. The van der Waals surface area contributed by atoms with Crippen LogP contribution >= 0.6 is 11.3 Å². The molecule has 0 radical (unpaired) electrons. The third-order valence-electron chi connectivity index (χ3n) is 4.57.